The van der Waals surface area contributed by atoms with Crippen LogP contribution in [0.25, 0.3) is 0 Å². The van der Waals surface area contributed by atoms with E-state index in [9.17, 15) is 5.11 Å². The fourth-order valence-electron chi connectivity index (χ4n) is 2.36. The number of hydrogen-bond acceptors (Lipinski definition) is 4. The van der Waals surface area contributed by atoms with Crippen LogP contribution >= 0.6 is 23.2 Å². The minimum atomic E-state index is -0.330. The van der Waals surface area contributed by atoms with Gasteiger partial charge in [-0.25, -0.2) is 4.98 Å². The van der Waals surface area contributed by atoms with Crippen molar-refractivity contribution in [3.63, 3.8) is 0 Å². The SMILES string of the molecule is CN(C)CC1CC(O)CN1c1ncc(Cl)cc1Cl. The lowest BCUT2D eigenvalue weighted by Gasteiger charge is -2.28. The van der Waals surface area contributed by atoms with Crippen molar-refractivity contribution in [3.8, 4) is 0 Å². The molecule has 1 aliphatic rings. The predicted octanol–water partition coefficient (Wildman–Crippen LogP) is 1.89. The summed E-state index contributed by atoms with van der Waals surface area (Å²) in [5, 5.41) is 10.9. The maximum absolute atomic E-state index is 9.83. The topological polar surface area (TPSA) is 39.6 Å². The third-order valence-electron chi connectivity index (χ3n) is 3.03. The van der Waals surface area contributed by atoms with Crippen LogP contribution in [-0.4, -0.2) is 54.3 Å². The Morgan fingerprint density at radius 3 is 2.83 bits per heavy atom. The van der Waals surface area contributed by atoms with Crippen molar-refractivity contribution in [3.05, 3.63) is 22.3 Å². The van der Waals surface area contributed by atoms with Crippen molar-refractivity contribution in [1.82, 2.24) is 9.88 Å². The molecule has 1 aliphatic heterocycles. The molecule has 1 aromatic rings. The Morgan fingerprint density at radius 2 is 2.22 bits per heavy atom. The number of aliphatic hydroxyl groups excluding tert-OH is 1. The van der Waals surface area contributed by atoms with Gasteiger partial charge in [-0.3, -0.25) is 0 Å². The molecule has 1 aromatic heterocycles. The van der Waals surface area contributed by atoms with Crippen LogP contribution in [0.4, 0.5) is 5.82 Å². The standard InChI is InChI=1S/C12H17Cl2N3O/c1-16(2)6-9-4-10(18)7-17(9)12-11(14)3-8(13)5-15-12/h3,5,9-10,18H,4,6-7H2,1-2H3. The van der Waals surface area contributed by atoms with Crippen molar-refractivity contribution < 1.29 is 5.11 Å². The molecule has 100 valence electrons. The van der Waals surface area contributed by atoms with E-state index < -0.39 is 0 Å². The number of aliphatic hydroxyl groups is 1. The van der Waals surface area contributed by atoms with Gasteiger partial charge in [0, 0.05) is 25.3 Å². The fourth-order valence-corrected chi connectivity index (χ4v) is 2.85. The van der Waals surface area contributed by atoms with E-state index in [1.807, 2.05) is 14.1 Å². The first-order chi connectivity index (χ1) is 8.47. The van der Waals surface area contributed by atoms with Gasteiger partial charge in [0.05, 0.1) is 16.1 Å². The number of β-amino-alcohol motifs (C(OH)–C–C–N with tert-alkyl or cyclic N) is 1. The molecule has 0 amide bonds. The number of pyridine rings is 1. The van der Waals surface area contributed by atoms with Gasteiger partial charge < -0.3 is 14.9 Å². The summed E-state index contributed by atoms with van der Waals surface area (Å²) in [6.07, 6.45) is 1.99. The van der Waals surface area contributed by atoms with Crippen LogP contribution in [0.2, 0.25) is 10.0 Å². The molecule has 0 aromatic carbocycles. The molecular formula is C12H17Cl2N3O. The molecular weight excluding hydrogens is 273 g/mol. The van der Waals surface area contributed by atoms with Gasteiger partial charge >= 0.3 is 0 Å². The van der Waals surface area contributed by atoms with Crippen molar-refractivity contribution in [2.24, 2.45) is 0 Å². The molecule has 2 unspecified atom stereocenters. The maximum atomic E-state index is 9.83. The first kappa shape index (κ1) is 13.9. The fraction of sp³-hybridized carbons (Fsp3) is 0.583. The lowest BCUT2D eigenvalue weighted by atomic mass is 10.2. The normalized spacial score (nSPS) is 24.0. The molecule has 0 bridgehead atoms. The first-order valence-electron chi connectivity index (χ1n) is 5.88. The molecule has 6 heteroatoms. The summed E-state index contributed by atoms with van der Waals surface area (Å²) in [5.41, 5.74) is 0. The molecule has 1 saturated heterocycles. The molecule has 0 spiro atoms. The van der Waals surface area contributed by atoms with Gasteiger partial charge in [0.15, 0.2) is 0 Å². The van der Waals surface area contributed by atoms with E-state index in [2.05, 4.69) is 14.8 Å². The van der Waals surface area contributed by atoms with Crippen LogP contribution in [-0.2, 0) is 0 Å². The highest BCUT2D eigenvalue weighted by Gasteiger charge is 2.33. The van der Waals surface area contributed by atoms with Crippen LogP contribution in [0, 0.1) is 0 Å². The van der Waals surface area contributed by atoms with Crippen LogP contribution in [0.5, 0.6) is 0 Å². The summed E-state index contributed by atoms with van der Waals surface area (Å²) in [6.45, 7) is 1.42. The third-order valence-corrected chi connectivity index (χ3v) is 3.51. The molecule has 0 radical (unpaired) electrons. The van der Waals surface area contributed by atoms with Gasteiger partial charge in [-0.1, -0.05) is 23.2 Å². The highest BCUT2D eigenvalue weighted by atomic mass is 35.5. The highest BCUT2D eigenvalue weighted by molar-refractivity contribution is 6.36. The molecule has 1 N–H and O–H groups in total. The Bertz CT molecular complexity index is 428. The Balaban J connectivity index is 2.24. The van der Waals surface area contributed by atoms with Gasteiger partial charge in [-0.05, 0) is 26.6 Å². The zero-order valence-electron chi connectivity index (χ0n) is 10.5. The smallest absolute Gasteiger partial charge is 0.147 e. The summed E-state index contributed by atoms with van der Waals surface area (Å²) in [5.74, 6) is 0.699. The molecule has 2 rings (SSSR count). The van der Waals surface area contributed by atoms with Crippen LogP contribution < -0.4 is 4.90 Å². The van der Waals surface area contributed by atoms with Gasteiger partial charge in [-0.15, -0.1) is 0 Å². The Labute approximate surface area is 117 Å². The Kier molecular flexibility index (Phi) is 4.33. The van der Waals surface area contributed by atoms with Crippen LogP contribution in [0.15, 0.2) is 12.3 Å². The van der Waals surface area contributed by atoms with E-state index in [1.54, 1.807) is 12.3 Å². The number of halogens is 2. The number of anilines is 1. The molecule has 2 heterocycles. The second kappa shape index (κ2) is 5.61. The lowest BCUT2D eigenvalue weighted by molar-refractivity contribution is 0.191. The van der Waals surface area contributed by atoms with Crippen molar-refractivity contribution >= 4 is 29.0 Å². The van der Waals surface area contributed by atoms with E-state index in [-0.39, 0.29) is 12.1 Å². The Hall–Kier alpha value is -0.550. The average molecular weight is 290 g/mol. The summed E-state index contributed by atoms with van der Waals surface area (Å²) < 4.78 is 0. The monoisotopic (exact) mass is 289 g/mol. The number of likely N-dealkylation sites (N-methyl/N-ethyl adjacent to an activating group) is 1. The lowest BCUT2D eigenvalue weighted by Crippen LogP contribution is -2.38. The van der Waals surface area contributed by atoms with E-state index in [4.69, 9.17) is 23.2 Å². The molecule has 0 aliphatic carbocycles. The molecule has 2 atom stereocenters. The minimum Gasteiger partial charge on any atom is -0.391 e. The van der Waals surface area contributed by atoms with E-state index in [1.165, 1.54) is 0 Å². The molecule has 1 fully saturated rings. The maximum Gasteiger partial charge on any atom is 0.147 e. The van der Waals surface area contributed by atoms with Crippen LogP contribution in [0.3, 0.4) is 0 Å². The second-order valence-electron chi connectivity index (χ2n) is 4.92. The minimum absolute atomic E-state index is 0.223. The largest absolute Gasteiger partial charge is 0.391 e. The first-order valence-corrected chi connectivity index (χ1v) is 6.63. The molecule has 4 nitrogen and oxygen atoms in total. The van der Waals surface area contributed by atoms with Crippen molar-refractivity contribution in [1.29, 1.82) is 0 Å². The zero-order chi connectivity index (χ0) is 13.3. The van der Waals surface area contributed by atoms with Gasteiger partial charge in [-0.2, -0.15) is 0 Å². The van der Waals surface area contributed by atoms with Crippen molar-refractivity contribution in [2.45, 2.75) is 18.6 Å². The average Bonchev–Trinajstić information content (AvgIpc) is 2.58. The van der Waals surface area contributed by atoms with Gasteiger partial charge in [0.1, 0.15) is 5.82 Å². The molecule has 18 heavy (non-hydrogen) atoms. The summed E-state index contributed by atoms with van der Waals surface area (Å²) in [6, 6.07) is 1.91. The highest BCUT2D eigenvalue weighted by Crippen LogP contribution is 2.31. The van der Waals surface area contributed by atoms with Gasteiger partial charge in [0.2, 0.25) is 0 Å². The third kappa shape index (κ3) is 3.06. The summed E-state index contributed by atoms with van der Waals surface area (Å²) >= 11 is 12.0. The number of hydrogen-bond donors (Lipinski definition) is 1. The second-order valence-corrected chi connectivity index (χ2v) is 5.76. The van der Waals surface area contributed by atoms with E-state index >= 15 is 0 Å². The van der Waals surface area contributed by atoms with Gasteiger partial charge in [0.25, 0.3) is 0 Å². The summed E-state index contributed by atoms with van der Waals surface area (Å²) in [7, 11) is 4.03. The van der Waals surface area contributed by atoms with E-state index in [0.29, 0.717) is 22.4 Å². The van der Waals surface area contributed by atoms with Crippen LogP contribution in [0.1, 0.15) is 6.42 Å². The van der Waals surface area contributed by atoms with Crippen molar-refractivity contribution in [2.75, 3.05) is 32.1 Å². The Morgan fingerprint density at radius 1 is 1.50 bits per heavy atom. The number of rotatable bonds is 3. The van der Waals surface area contributed by atoms with E-state index in [0.717, 1.165) is 13.0 Å². The zero-order valence-corrected chi connectivity index (χ0v) is 12.0. The quantitative estimate of drug-likeness (QED) is 0.923. The number of nitrogens with zero attached hydrogens (tertiary/aromatic N) is 3. The molecule has 0 saturated carbocycles. The number of aromatic nitrogens is 1. The predicted molar refractivity (Wildman–Crippen MR) is 74.6 cm³/mol. The summed E-state index contributed by atoms with van der Waals surface area (Å²) in [4.78, 5) is 8.44.